The molecule has 1 aliphatic heterocycles. The maximum atomic E-state index is 12.6. The molecule has 1 aromatic rings. The van der Waals surface area contributed by atoms with Crippen molar-refractivity contribution in [1.82, 2.24) is 0 Å². The number of fused-ring (bicyclic) bond motifs is 2. The highest BCUT2D eigenvalue weighted by atomic mass is 16.3. The van der Waals surface area contributed by atoms with Gasteiger partial charge in [-0.15, -0.1) is 0 Å². The summed E-state index contributed by atoms with van der Waals surface area (Å²) in [6.45, 7) is 11.9. The van der Waals surface area contributed by atoms with Crippen LogP contribution in [0.15, 0.2) is 41.5 Å². The maximum Gasteiger partial charge on any atom is 0.250 e. The molecule has 1 aliphatic rings. The van der Waals surface area contributed by atoms with E-state index in [1.807, 2.05) is 39.0 Å². The molecule has 0 aliphatic carbocycles. The van der Waals surface area contributed by atoms with Crippen molar-refractivity contribution in [2.24, 2.45) is 23.7 Å². The monoisotopic (exact) mass is 443 g/mol. The first-order valence-corrected chi connectivity index (χ1v) is 11.8. The molecule has 1 heterocycles. The number of aliphatic hydroxyl groups excluding tert-OH is 2. The third-order valence-corrected chi connectivity index (χ3v) is 6.68. The van der Waals surface area contributed by atoms with Crippen molar-refractivity contribution in [3.8, 4) is 5.75 Å². The Bertz CT molecular complexity index is 844. The second-order valence-electron chi connectivity index (χ2n) is 10.0. The molecule has 1 amide bonds. The second kappa shape index (κ2) is 11.7. The molecule has 5 nitrogen and oxygen atoms in total. The van der Waals surface area contributed by atoms with Gasteiger partial charge in [0.05, 0.1) is 12.2 Å². The van der Waals surface area contributed by atoms with Crippen molar-refractivity contribution in [1.29, 1.82) is 0 Å². The van der Waals surface area contributed by atoms with Crippen LogP contribution in [0.5, 0.6) is 5.75 Å². The molecule has 0 unspecified atom stereocenters. The highest BCUT2D eigenvalue weighted by molar-refractivity contribution is 6.03. The zero-order valence-electron chi connectivity index (χ0n) is 20.4. The number of aromatic hydroxyl groups is 1. The fraction of sp³-hybridized carbons (Fsp3) is 0.593. The summed E-state index contributed by atoms with van der Waals surface area (Å²) in [6.07, 6.45) is 5.82. The van der Waals surface area contributed by atoms with Crippen molar-refractivity contribution in [2.45, 2.75) is 79.4 Å². The number of anilines is 1. The van der Waals surface area contributed by atoms with Crippen LogP contribution >= 0.6 is 0 Å². The lowest BCUT2D eigenvalue weighted by molar-refractivity contribution is -0.112. The van der Waals surface area contributed by atoms with E-state index in [0.29, 0.717) is 17.7 Å². The number of rotatable bonds is 0. The van der Waals surface area contributed by atoms with Crippen molar-refractivity contribution in [2.75, 3.05) is 5.32 Å². The van der Waals surface area contributed by atoms with Gasteiger partial charge in [-0.25, -0.2) is 0 Å². The van der Waals surface area contributed by atoms with E-state index in [1.165, 1.54) is 0 Å². The van der Waals surface area contributed by atoms with Crippen LogP contribution in [0.3, 0.4) is 0 Å². The summed E-state index contributed by atoms with van der Waals surface area (Å²) >= 11 is 0. The molecule has 32 heavy (non-hydrogen) atoms. The Kier molecular flexibility index (Phi) is 9.53. The first kappa shape index (κ1) is 26.1. The molecule has 2 rings (SSSR count). The van der Waals surface area contributed by atoms with E-state index < -0.39 is 12.2 Å². The summed E-state index contributed by atoms with van der Waals surface area (Å²) in [6, 6.07) is 5.20. The molecular weight excluding hydrogens is 402 g/mol. The second-order valence-corrected chi connectivity index (χ2v) is 10.0. The standard InChI is InChI=1S/C27H41NO4/c1-16-10-19(4)26(31)21(6)12-20(5)25(30)17(2)8-7-9-18(3)27(32)28-23-13-22(11-16)14-24(29)15-23/h9,12-17,19,21,25-26,29-31H,7-8,10-11H2,1-6H3,(H,28,32)/b18-9+,20-12+/t16-,17-,19-,21-,25+,26-/m0/s1. The van der Waals surface area contributed by atoms with E-state index in [1.54, 1.807) is 19.1 Å². The fourth-order valence-corrected chi connectivity index (χ4v) is 4.75. The van der Waals surface area contributed by atoms with Gasteiger partial charge in [-0.2, -0.15) is 0 Å². The normalized spacial score (nSPS) is 34.7. The Morgan fingerprint density at radius 1 is 1.00 bits per heavy atom. The Labute approximate surface area is 193 Å². The summed E-state index contributed by atoms with van der Waals surface area (Å²) in [5, 5.41) is 34.7. The summed E-state index contributed by atoms with van der Waals surface area (Å²) in [5.74, 6) is 0.291. The number of phenols is 1. The topological polar surface area (TPSA) is 89.8 Å². The minimum atomic E-state index is -0.576. The van der Waals surface area contributed by atoms with Gasteiger partial charge in [0.25, 0.3) is 5.91 Å². The van der Waals surface area contributed by atoms with Crippen LogP contribution in [0.1, 0.15) is 66.4 Å². The number of carbonyl (C=O) groups excluding carboxylic acids is 1. The molecule has 0 spiro atoms. The number of hydrogen-bond donors (Lipinski definition) is 4. The number of nitrogens with one attached hydrogen (secondary N) is 1. The van der Waals surface area contributed by atoms with Gasteiger partial charge in [-0.3, -0.25) is 4.79 Å². The smallest absolute Gasteiger partial charge is 0.250 e. The maximum absolute atomic E-state index is 12.6. The molecule has 178 valence electrons. The van der Waals surface area contributed by atoms with Gasteiger partial charge in [0.2, 0.25) is 0 Å². The van der Waals surface area contributed by atoms with Gasteiger partial charge < -0.3 is 20.6 Å². The summed E-state index contributed by atoms with van der Waals surface area (Å²) < 4.78 is 0. The van der Waals surface area contributed by atoms with E-state index in [-0.39, 0.29) is 35.3 Å². The van der Waals surface area contributed by atoms with E-state index in [4.69, 9.17) is 0 Å². The minimum absolute atomic E-state index is 0.0378. The van der Waals surface area contributed by atoms with Crippen molar-refractivity contribution >= 4 is 11.6 Å². The molecule has 0 saturated carbocycles. The Morgan fingerprint density at radius 3 is 2.38 bits per heavy atom. The van der Waals surface area contributed by atoms with Crippen molar-refractivity contribution in [3.63, 3.8) is 0 Å². The molecule has 0 saturated heterocycles. The number of aliphatic hydroxyl groups is 2. The van der Waals surface area contributed by atoms with Crippen LogP contribution in [0.25, 0.3) is 0 Å². The molecule has 1 aromatic carbocycles. The van der Waals surface area contributed by atoms with Crippen LogP contribution in [0.2, 0.25) is 0 Å². The lowest BCUT2D eigenvalue weighted by Gasteiger charge is -2.27. The number of amides is 1. The van der Waals surface area contributed by atoms with Crippen LogP contribution < -0.4 is 5.32 Å². The van der Waals surface area contributed by atoms with Gasteiger partial charge in [-0.05, 0) is 80.6 Å². The largest absolute Gasteiger partial charge is 0.508 e. The molecule has 0 aromatic heterocycles. The average Bonchev–Trinajstić information content (AvgIpc) is 2.70. The van der Waals surface area contributed by atoms with Crippen molar-refractivity contribution in [3.05, 3.63) is 47.1 Å². The van der Waals surface area contributed by atoms with Gasteiger partial charge in [-0.1, -0.05) is 39.8 Å². The zero-order chi connectivity index (χ0) is 24.0. The third-order valence-electron chi connectivity index (χ3n) is 6.68. The number of allylic oxidation sites excluding steroid dienone is 1. The fourth-order valence-electron chi connectivity index (χ4n) is 4.75. The number of benzene rings is 1. The number of carbonyl (C=O) groups is 1. The van der Waals surface area contributed by atoms with Gasteiger partial charge in [0, 0.05) is 23.2 Å². The van der Waals surface area contributed by atoms with Crippen molar-refractivity contribution < 1.29 is 20.1 Å². The van der Waals surface area contributed by atoms with E-state index >= 15 is 0 Å². The average molecular weight is 444 g/mol. The Morgan fingerprint density at radius 2 is 1.69 bits per heavy atom. The summed E-state index contributed by atoms with van der Waals surface area (Å²) in [7, 11) is 0. The Hall–Kier alpha value is -2.11. The number of hydrogen-bond acceptors (Lipinski definition) is 4. The van der Waals surface area contributed by atoms with E-state index in [9.17, 15) is 20.1 Å². The lowest BCUT2D eigenvalue weighted by Crippen LogP contribution is -2.27. The molecule has 5 heteroatoms. The first-order chi connectivity index (χ1) is 15.0. The molecular formula is C27H41NO4. The third kappa shape index (κ3) is 7.49. The highest BCUT2D eigenvalue weighted by Crippen LogP contribution is 2.28. The zero-order valence-corrected chi connectivity index (χ0v) is 20.4. The molecule has 2 bridgehead atoms. The Balaban J connectivity index is 2.33. The minimum Gasteiger partial charge on any atom is -0.508 e. The quantitative estimate of drug-likeness (QED) is 0.414. The molecule has 0 radical (unpaired) electrons. The predicted octanol–water partition coefficient (Wildman–Crippen LogP) is 5.22. The van der Waals surface area contributed by atoms with E-state index in [2.05, 4.69) is 19.2 Å². The van der Waals surface area contributed by atoms with Crippen LogP contribution in [0.4, 0.5) is 5.69 Å². The van der Waals surface area contributed by atoms with E-state index in [0.717, 1.165) is 30.4 Å². The lowest BCUT2D eigenvalue weighted by atomic mass is 9.83. The summed E-state index contributed by atoms with van der Waals surface area (Å²) in [4.78, 5) is 12.6. The highest BCUT2D eigenvalue weighted by Gasteiger charge is 2.24. The van der Waals surface area contributed by atoms with Gasteiger partial charge >= 0.3 is 0 Å². The molecule has 6 atom stereocenters. The molecule has 0 fully saturated rings. The number of phenolic OH excluding ortho intramolecular Hbond substituents is 1. The molecule has 4 N–H and O–H groups in total. The first-order valence-electron chi connectivity index (χ1n) is 11.8. The van der Waals surface area contributed by atoms with Gasteiger partial charge in [0.15, 0.2) is 0 Å². The van der Waals surface area contributed by atoms with Crippen LogP contribution in [-0.4, -0.2) is 33.4 Å². The summed E-state index contributed by atoms with van der Waals surface area (Å²) in [5.41, 5.74) is 3.02. The predicted molar refractivity (Wildman–Crippen MR) is 130 cm³/mol. The van der Waals surface area contributed by atoms with Crippen LogP contribution in [-0.2, 0) is 11.2 Å². The SMILES string of the molecule is C/C1=C\CC[C@H](C)[C@@H](O)/C(C)=C/[C@H](C)[C@@H](O)[C@@H](C)C[C@H](C)Cc2cc(O)cc(c2)NC1=O. The van der Waals surface area contributed by atoms with Crippen LogP contribution in [0, 0.1) is 23.7 Å². The van der Waals surface area contributed by atoms with Gasteiger partial charge in [0.1, 0.15) is 5.75 Å².